The van der Waals surface area contributed by atoms with Crippen molar-refractivity contribution in [3.63, 3.8) is 0 Å². The molecule has 0 aromatic heterocycles. The quantitative estimate of drug-likeness (QED) is 0.845. The summed E-state index contributed by atoms with van der Waals surface area (Å²) < 4.78 is 0. The molecule has 76 valence electrons. The standard InChI is InChI=1S/C9H9Cl2NO2/c1-5(9(13)14)12-8-6(10)3-2-4-7(8)11/h2-5,12H,1H3,(H,13,14)/t5-/m0/s1. The Labute approximate surface area is 91.6 Å². The molecule has 0 bridgehead atoms. The molecule has 1 atom stereocenters. The van der Waals surface area contributed by atoms with Gasteiger partial charge in [0, 0.05) is 0 Å². The van der Waals surface area contributed by atoms with E-state index in [4.69, 9.17) is 28.3 Å². The number of carbonyl (C=O) groups is 1. The van der Waals surface area contributed by atoms with E-state index in [0.717, 1.165) is 0 Å². The molecule has 1 rings (SSSR count). The number of hydrogen-bond donors (Lipinski definition) is 2. The Morgan fingerprint density at radius 3 is 2.36 bits per heavy atom. The fraction of sp³-hybridized carbons (Fsp3) is 0.222. The lowest BCUT2D eigenvalue weighted by atomic mass is 10.2. The highest BCUT2D eigenvalue weighted by Crippen LogP contribution is 2.30. The Bertz CT molecular complexity index is 334. The van der Waals surface area contributed by atoms with E-state index in [1.165, 1.54) is 6.92 Å². The maximum absolute atomic E-state index is 10.6. The number of anilines is 1. The minimum absolute atomic E-state index is 0.408. The number of nitrogens with one attached hydrogen (secondary N) is 1. The lowest BCUT2D eigenvalue weighted by molar-refractivity contribution is -0.137. The van der Waals surface area contributed by atoms with Crippen molar-refractivity contribution in [3.05, 3.63) is 28.2 Å². The molecule has 0 amide bonds. The van der Waals surface area contributed by atoms with Gasteiger partial charge in [0.1, 0.15) is 6.04 Å². The van der Waals surface area contributed by atoms with Gasteiger partial charge in [-0.3, -0.25) is 4.79 Å². The topological polar surface area (TPSA) is 49.3 Å². The zero-order valence-corrected chi connectivity index (χ0v) is 8.93. The van der Waals surface area contributed by atoms with E-state index in [2.05, 4.69) is 5.32 Å². The van der Waals surface area contributed by atoms with Crippen molar-refractivity contribution in [2.75, 3.05) is 5.32 Å². The van der Waals surface area contributed by atoms with Crippen LogP contribution in [0.3, 0.4) is 0 Å². The number of halogens is 2. The van der Waals surface area contributed by atoms with Gasteiger partial charge >= 0.3 is 5.97 Å². The van der Waals surface area contributed by atoms with E-state index in [1.54, 1.807) is 18.2 Å². The number of rotatable bonds is 3. The SMILES string of the molecule is C[C@H](Nc1c(Cl)cccc1Cl)C(=O)O. The van der Waals surface area contributed by atoms with Crippen molar-refractivity contribution in [1.82, 2.24) is 0 Å². The number of hydrogen-bond acceptors (Lipinski definition) is 2. The van der Waals surface area contributed by atoms with E-state index in [1.807, 2.05) is 0 Å². The average Bonchev–Trinajstić information content (AvgIpc) is 2.11. The molecule has 0 aliphatic heterocycles. The summed E-state index contributed by atoms with van der Waals surface area (Å²) >= 11 is 11.7. The Morgan fingerprint density at radius 2 is 1.93 bits per heavy atom. The molecule has 0 aliphatic rings. The minimum Gasteiger partial charge on any atom is -0.480 e. The molecule has 0 saturated heterocycles. The smallest absolute Gasteiger partial charge is 0.325 e. The van der Waals surface area contributed by atoms with Gasteiger partial charge in [0.05, 0.1) is 15.7 Å². The molecule has 0 saturated carbocycles. The Morgan fingerprint density at radius 1 is 1.43 bits per heavy atom. The van der Waals surface area contributed by atoms with Crippen molar-refractivity contribution in [2.24, 2.45) is 0 Å². The number of aliphatic carboxylic acids is 1. The van der Waals surface area contributed by atoms with Crippen molar-refractivity contribution in [1.29, 1.82) is 0 Å². The highest BCUT2D eigenvalue weighted by molar-refractivity contribution is 6.39. The van der Waals surface area contributed by atoms with Crippen LogP contribution in [-0.2, 0) is 4.79 Å². The first-order valence-corrected chi connectivity index (χ1v) is 4.71. The maximum atomic E-state index is 10.6. The van der Waals surface area contributed by atoms with Gasteiger partial charge in [-0.1, -0.05) is 29.3 Å². The summed E-state index contributed by atoms with van der Waals surface area (Å²) in [7, 11) is 0. The highest BCUT2D eigenvalue weighted by Gasteiger charge is 2.13. The second kappa shape index (κ2) is 4.53. The van der Waals surface area contributed by atoms with Crippen LogP contribution in [0.15, 0.2) is 18.2 Å². The predicted octanol–water partition coefficient (Wildman–Crippen LogP) is 2.88. The third kappa shape index (κ3) is 2.53. The van der Waals surface area contributed by atoms with Gasteiger partial charge in [0.15, 0.2) is 0 Å². The van der Waals surface area contributed by atoms with E-state index < -0.39 is 12.0 Å². The summed E-state index contributed by atoms with van der Waals surface area (Å²) in [5.74, 6) is -0.957. The molecule has 0 aliphatic carbocycles. The second-order valence-corrected chi connectivity index (χ2v) is 3.62. The minimum atomic E-state index is -0.957. The number of carboxylic acids is 1. The van der Waals surface area contributed by atoms with Gasteiger partial charge in [0.25, 0.3) is 0 Å². The lowest BCUT2D eigenvalue weighted by Gasteiger charge is -2.13. The predicted molar refractivity (Wildman–Crippen MR) is 57.2 cm³/mol. The van der Waals surface area contributed by atoms with Crippen LogP contribution in [0.1, 0.15) is 6.92 Å². The molecule has 1 aromatic carbocycles. The molecule has 0 radical (unpaired) electrons. The largest absolute Gasteiger partial charge is 0.480 e. The molecule has 3 nitrogen and oxygen atoms in total. The molecule has 0 unspecified atom stereocenters. The summed E-state index contributed by atoms with van der Waals surface area (Å²) in [6.07, 6.45) is 0. The maximum Gasteiger partial charge on any atom is 0.325 e. The van der Waals surface area contributed by atoms with Crippen molar-refractivity contribution in [3.8, 4) is 0 Å². The van der Waals surface area contributed by atoms with E-state index in [0.29, 0.717) is 15.7 Å². The van der Waals surface area contributed by atoms with E-state index >= 15 is 0 Å². The number of para-hydroxylation sites is 1. The summed E-state index contributed by atoms with van der Waals surface area (Å²) in [4.78, 5) is 10.6. The zero-order chi connectivity index (χ0) is 10.7. The zero-order valence-electron chi connectivity index (χ0n) is 7.42. The van der Waals surface area contributed by atoms with Gasteiger partial charge in [-0.05, 0) is 19.1 Å². The third-order valence-electron chi connectivity index (χ3n) is 1.69. The van der Waals surface area contributed by atoms with E-state index in [9.17, 15) is 4.79 Å². The average molecular weight is 234 g/mol. The van der Waals surface area contributed by atoms with Gasteiger partial charge in [0.2, 0.25) is 0 Å². The summed E-state index contributed by atoms with van der Waals surface area (Å²) in [5.41, 5.74) is 0.450. The monoisotopic (exact) mass is 233 g/mol. The van der Waals surface area contributed by atoms with Crippen molar-refractivity contribution >= 4 is 34.9 Å². The first kappa shape index (κ1) is 11.1. The van der Waals surface area contributed by atoms with Gasteiger partial charge in [-0.2, -0.15) is 0 Å². The van der Waals surface area contributed by atoms with Crippen LogP contribution in [0.2, 0.25) is 10.0 Å². The first-order chi connectivity index (χ1) is 6.52. The Balaban J connectivity index is 2.91. The molecule has 2 N–H and O–H groups in total. The van der Waals surface area contributed by atoms with Gasteiger partial charge < -0.3 is 10.4 Å². The normalized spacial score (nSPS) is 12.2. The summed E-state index contributed by atoms with van der Waals surface area (Å²) in [6.45, 7) is 1.52. The molecule has 0 heterocycles. The summed E-state index contributed by atoms with van der Waals surface area (Å²) in [5, 5.41) is 12.2. The van der Waals surface area contributed by atoms with Gasteiger partial charge in [-0.25, -0.2) is 0 Å². The molecular formula is C9H9Cl2NO2. The Kier molecular flexibility index (Phi) is 3.61. The van der Waals surface area contributed by atoms with E-state index in [-0.39, 0.29) is 0 Å². The third-order valence-corrected chi connectivity index (χ3v) is 2.32. The molecule has 14 heavy (non-hydrogen) atoms. The lowest BCUT2D eigenvalue weighted by Crippen LogP contribution is -2.25. The molecule has 0 spiro atoms. The van der Waals surface area contributed by atoms with Crippen molar-refractivity contribution in [2.45, 2.75) is 13.0 Å². The van der Waals surface area contributed by atoms with Crippen molar-refractivity contribution < 1.29 is 9.90 Å². The molecule has 0 fully saturated rings. The number of benzene rings is 1. The molecule has 1 aromatic rings. The molecule has 5 heteroatoms. The van der Waals surface area contributed by atoms with Crippen LogP contribution < -0.4 is 5.32 Å². The highest BCUT2D eigenvalue weighted by atomic mass is 35.5. The van der Waals surface area contributed by atoms with Crippen LogP contribution in [-0.4, -0.2) is 17.1 Å². The molecular weight excluding hydrogens is 225 g/mol. The van der Waals surface area contributed by atoms with Crippen LogP contribution >= 0.6 is 23.2 Å². The van der Waals surface area contributed by atoms with Crippen LogP contribution in [0.25, 0.3) is 0 Å². The van der Waals surface area contributed by atoms with Crippen LogP contribution in [0, 0.1) is 0 Å². The van der Waals surface area contributed by atoms with Crippen LogP contribution in [0.5, 0.6) is 0 Å². The number of carboxylic acid groups (broad SMARTS) is 1. The Hall–Kier alpha value is -0.930. The fourth-order valence-electron chi connectivity index (χ4n) is 0.914. The summed E-state index contributed by atoms with van der Waals surface area (Å²) in [6, 6.07) is 4.25. The van der Waals surface area contributed by atoms with Crippen LogP contribution in [0.4, 0.5) is 5.69 Å². The van der Waals surface area contributed by atoms with Gasteiger partial charge in [-0.15, -0.1) is 0 Å². The first-order valence-electron chi connectivity index (χ1n) is 3.95. The fourth-order valence-corrected chi connectivity index (χ4v) is 1.42. The second-order valence-electron chi connectivity index (χ2n) is 2.80.